The van der Waals surface area contributed by atoms with E-state index in [-0.39, 0.29) is 24.8 Å². The second kappa shape index (κ2) is 17.2. The van der Waals surface area contributed by atoms with Crippen LogP contribution in [-0.4, -0.2) is 52.8 Å². The van der Waals surface area contributed by atoms with E-state index in [1.54, 1.807) is 6.07 Å². The number of aryl methyl sites for hydroxylation is 2. The predicted molar refractivity (Wildman–Crippen MR) is 165 cm³/mol. The Balaban J connectivity index is 0.00000484. The van der Waals surface area contributed by atoms with E-state index >= 15 is 0 Å². The summed E-state index contributed by atoms with van der Waals surface area (Å²) in [5.41, 5.74) is 4.12. The Bertz CT molecular complexity index is 1180. The van der Waals surface area contributed by atoms with Gasteiger partial charge in [-0.2, -0.15) is 11.8 Å². The first-order valence-corrected chi connectivity index (χ1v) is 16.8. The number of amides is 2. The van der Waals surface area contributed by atoms with Gasteiger partial charge in [0.2, 0.25) is 5.91 Å². The number of carboxylic acid groups (broad SMARTS) is 1. The van der Waals surface area contributed by atoms with Crippen molar-refractivity contribution in [2.24, 2.45) is 0 Å². The zero-order valence-corrected chi connectivity index (χ0v) is 26.5. The van der Waals surface area contributed by atoms with Gasteiger partial charge in [0, 0.05) is 24.1 Å². The van der Waals surface area contributed by atoms with Crippen LogP contribution in [0.25, 0.3) is 11.1 Å². The molecule has 42 heavy (non-hydrogen) atoms. The number of hydrogen-bond donors (Lipinski definition) is 1. The van der Waals surface area contributed by atoms with E-state index in [2.05, 4.69) is 10.2 Å². The van der Waals surface area contributed by atoms with Gasteiger partial charge in [-0.15, -0.1) is 0 Å². The number of benzene rings is 2. The summed E-state index contributed by atoms with van der Waals surface area (Å²) in [6.07, 6.45) is 15.1. The van der Waals surface area contributed by atoms with Gasteiger partial charge in [0.15, 0.2) is 0 Å². The number of carbonyl (C=O) groups excluding carboxylic acids is 3. The van der Waals surface area contributed by atoms with Gasteiger partial charge in [-0.1, -0.05) is 74.9 Å². The second-order valence-electron chi connectivity index (χ2n) is 11.7. The van der Waals surface area contributed by atoms with E-state index in [0.717, 1.165) is 47.9 Å². The van der Waals surface area contributed by atoms with Gasteiger partial charge < -0.3 is 20.1 Å². The molecule has 2 aliphatic carbocycles. The molecule has 2 saturated carbocycles. The van der Waals surface area contributed by atoms with Gasteiger partial charge in [0.1, 0.15) is 0 Å². The molecule has 2 fully saturated rings. The van der Waals surface area contributed by atoms with Crippen molar-refractivity contribution in [3.63, 3.8) is 0 Å². The van der Waals surface area contributed by atoms with Crippen LogP contribution < -0.4 is 29.3 Å². The van der Waals surface area contributed by atoms with Crippen LogP contribution >= 0.6 is 11.8 Å². The Kier molecular flexibility index (Phi) is 14.0. The molecular formula is C34H45LiN2O4S. The van der Waals surface area contributed by atoms with E-state index in [1.165, 1.54) is 50.3 Å². The number of hydrogen-bond acceptors (Lipinski definition) is 5. The molecule has 6 nitrogen and oxygen atoms in total. The predicted octanol–water partition coefficient (Wildman–Crippen LogP) is 2.69. The van der Waals surface area contributed by atoms with Gasteiger partial charge in [-0.25, -0.2) is 0 Å². The minimum absolute atomic E-state index is 0. The van der Waals surface area contributed by atoms with Crippen molar-refractivity contribution in [2.75, 3.05) is 12.0 Å². The average molecular weight is 585 g/mol. The van der Waals surface area contributed by atoms with Crippen molar-refractivity contribution in [3.05, 3.63) is 59.2 Å². The van der Waals surface area contributed by atoms with Crippen LogP contribution in [0, 0.1) is 6.92 Å². The van der Waals surface area contributed by atoms with Crippen molar-refractivity contribution < 1.29 is 38.4 Å². The maximum atomic E-state index is 13.8. The normalized spacial score (nSPS) is 16.7. The summed E-state index contributed by atoms with van der Waals surface area (Å²) in [4.78, 5) is 41.1. The first-order chi connectivity index (χ1) is 19.9. The molecule has 2 aromatic carbocycles. The van der Waals surface area contributed by atoms with Crippen LogP contribution in [0.3, 0.4) is 0 Å². The SMILES string of the molecule is CSCC[C@H](NC(=O)c1ccc(CCC(=O)N(C2CCCCC2)C2CCCCC2)cc1-c1ccccc1C)C(=O)[O-].[Li+]. The molecule has 222 valence electrons. The number of carbonyl (C=O) groups is 3. The average Bonchev–Trinajstić information content (AvgIpc) is 2.99. The van der Waals surface area contributed by atoms with Gasteiger partial charge in [-0.05, 0) is 85.8 Å². The minimum Gasteiger partial charge on any atom is -0.548 e. The minimum atomic E-state index is -1.28. The molecule has 0 heterocycles. The zero-order valence-electron chi connectivity index (χ0n) is 25.7. The van der Waals surface area contributed by atoms with Crippen molar-refractivity contribution in [1.29, 1.82) is 0 Å². The standard InChI is InChI=1S/C34H46N2O4S.Li/c1-24-11-9-10-16-28(24)30-23-25(17-19-29(30)33(38)35-31(34(39)40)21-22-41-2)18-20-32(37)36(26-12-5-3-6-13-26)27-14-7-4-8-15-27;/h9-11,16-17,19,23,26-27,31H,3-8,12-15,18,20-22H2,1-2H3,(H,35,38)(H,39,40);/q;+1/p-1/t31-;/m0./s1. The fraction of sp³-hybridized carbons (Fsp3) is 0.559. The van der Waals surface area contributed by atoms with Crippen LogP contribution in [0.1, 0.15) is 98.5 Å². The molecule has 4 rings (SSSR count). The Morgan fingerprint density at radius 3 is 2.12 bits per heavy atom. The van der Waals surface area contributed by atoms with Gasteiger partial charge in [0.25, 0.3) is 5.91 Å². The zero-order chi connectivity index (χ0) is 29.2. The van der Waals surface area contributed by atoms with Crippen LogP contribution in [0.15, 0.2) is 42.5 Å². The summed E-state index contributed by atoms with van der Waals surface area (Å²) >= 11 is 1.53. The third-order valence-electron chi connectivity index (χ3n) is 8.82. The molecule has 0 saturated heterocycles. The molecule has 0 aromatic heterocycles. The van der Waals surface area contributed by atoms with E-state index < -0.39 is 17.9 Å². The second-order valence-corrected chi connectivity index (χ2v) is 12.7. The molecule has 0 radical (unpaired) electrons. The number of carboxylic acids is 1. The largest absolute Gasteiger partial charge is 1.00 e. The van der Waals surface area contributed by atoms with Crippen molar-refractivity contribution in [2.45, 2.75) is 109 Å². The van der Waals surface area contributed by atoms with E-state index in [0.29, 0.717) is 42.7 Å². The Morgan fingerprint density at radius 2 is 1.55 bits per heavy atom. The maximum absolute atomic E-state index is 13.8. The molecule has 2 aromatic rings. The third-order valence-corrected chi connectivity index (χ3v) is 9.46. The molecule has 2 amide bonds. The van der Waals surface area contributed by atoms with Gasteiger partial charge in [-0.3, -0.25) is 9.59 Å². The van der Waals surface area contributed by atoms with Crippen LogP contribution in [0.4, 0.5) is 0 Å². The molecule has 0 aliphatic heterocycles. The third kappa shape index (κ3) is 9.15. The van der Waals surface area contributed by atoms with Gasteiger partial charge in [0.05, 0.1) is 12.0 Å². The number of thioether (sulfide) groups is 1. The molecule has 1 atom stereocenters. The first-order valence-electron chi connectivity index (χ1n) is 15.4. The maximum Gasteiger partial charge on any atom is 1.00 e. The molecule has 0 unspecified atom stereocenters. The quantitative estimate of drug-likeness (QED) is 0.388. The number of nitrogens with zero attached hydrogens (tertiary/aromatic N) is 1. The van der Waals surface area contributed by atoms with E-state index in [1.807, 2.05) is 49.6 Å². The molecule has 8 heteroatoms. The summed E-state index contributed by atoms with van der Waals surface area (Å²) in [5.74, 6) is -0.842. The van der Waals surface area contributed by atoms with E-state index in [9.17, 15) is 19.5 Å². The summed E-state index contributed by atoms with van der Waals surface area (Å²) in [5, 5.41) is 14.4. The summed E-state index contributed by atoms with van der Waals surface area (Å²) in [6, 6.07) is 13.3. The Labute approximate surface area is 268 Å². The first kappa shape index (κ1) is 34.3. The summed E-state index contributed by atoms with van der Waals surface area (Å²) in [7, 11) is 0. The van der Waals surface area contributed by atoms with E-state index in [4.69, 9.17) is 0 Å². The van der Waals surface area contributed by atoms with Gasteiger partial charge >= 0.3 is 18.9 Å². The molecule has 0 spiro atoms. The Hall–Kier alpha value is -2.20. The molecular weight excluding hydrogens is 539 g/mol. The van der Waals surface area contributed by atoms with Crippen LogP contribution in [-0.2, 0) is 16.0 Å². The van der Waals surface area contributed by atoms with Crippen molar-refractivity contribution >= 4 is 29.5 Å². The van der Waals surface area contributed by atoms with Crippen molar-refractivity contribution in [1.82, 2.24) is 10.2 Å². The monoisotopic (exact) mass is 584 g/mol. The fourth-order valence-corrected chi connectivity index (χ4v) is 7.04. The smallest absolute Gasteiger partial charge is 0.548 e. The van der Waals surface area contributed by atoms with Crippen LogP contribution in [0.5, 0.6) is 0 Å². The molecule has 0 bridgehead atoms. The van der Waals surface area contributed by atoms with Crippen LogP contribution in [0.2, 0.25) is 0 Å². The number of aliphatic carboxylic acids is 1. The number of rotatable bonds is 12. The molecule has 1 N–H and O–H groups in total. The fourth-order valence-electron chi connectivity index (χ4n) is 6.57. The number of nitrogens with one attached hydrogen (secondary N) is 1. The molecule has 2 aliphatic rings. The van der Waals surface area contributed by atoms with Crippen molar-refractivity contribution in [3.8, 4) is 11.1 Å². The Morgan fingerprint density at radius 1 is 0.929 bits per heavy atom. The summed E-state index contributed by atoms with van der Waals surface area (Å²) in [6.45, 7) is 2.00. The summed E-state index contributed by atoms with van der Waals surface area (Å²) < 4.78 is 0. The topological polar surface area (TPSA) is 89.5 Å².